The van der Waals surface area contributed by atoms with Crippen LogP contribution in [0.2, 0.25) is 10.0 Å². The Hall–Kier alpha value is -2.86. The lowest BCUT2D eigenvalue weighted by Crippen LogP contribution is -2.67. The summed E-state index contributed by atoms with van der Waals surface area (Å²) in [6.07, 6.45) is 0.800. The number of benzene rings is 3. The van der Waals surface area contributed by atoms with E-state index in [4.69, 9.17) is 23.2 Å². The van der Waals surface area contributed by atoms with E-state index in [1.807, 2.05) is 50.1 Å². The third-order valence-corrected chi connectivity index (χ3v) is 13.2. The van der Waals surface area contributed by atoms with Gasteiger partial charge in [-0.2, -0.15) is 0 Å². The molecule has 1 aliphatic rings. The van der Waals surface area contributed by atoms with Crippen molar-refractivity contribution < 1.29 is 9.59 Å². The first-order valence-electron chi connectivity index (χ1n) is 17.6. The topological polar surface area (TPSA) is 52.7 Å². The van der Waals surface area contributed by atoms with Gasteiger partial charge >= 0.3 is 0 Å². The number of likely N-dealkylation sites (tertiary alicyclic amines) is 1. The number of carbonyl (C=O) groups excluding carboxylic acids is 2. The molecule has 7 heteroatoms. The molecule has 3 aromatic carbocycles. The van der Waals surface area contributed by atoms with E-state index in [-0.39, 0.29) is 35.1 Å². The summed E-state index contributed by atoms with van der Waals surface area (Å²) in [6.45, 7) is 27.8. The molecule has 1 N–H and O–H groups in total. The summed E-state index contributed by atoms with van der Waals surface area (Å²) in [4.78, 5) is 31.1. The molecule has 4 rings (SSSR count). The highest BCUT2D eigenvalue weighted by molar-refractivity contribution is 6.42. The lowest BCUT2D eigenvalue weighted by Gasteiger charge is -2.58. The van der Waals surface area contributed by atoms with Gasteiger partial charge in [-0.15, -0.1) is 0 Å². The number of nitrogens with zero attached hydrogens (tertiary/aromatic N) is 2. The number of carbonyl (C=O) groups is 2. The fourth-order valence-corrected chi connectivity index (χ4v) is 8.62. The molecular formula is C42H57Cl2N3O2. The lowest BCUT2D eigenvalue weighted by molar-refractivity contribution is -0.125. The molecule has 0 saturated carbocycles. The van der Waals surface area contributed by atoms with E-state index in [2.05, 4.69) is 84.7 Å². The molecule has 0 radical (unpaired) electrons. The van der Waals surface area contributed by atoms with E-state index in [0.717, 1.165) is 41.8 Å². The molecule has 266 valence electrons. The largest absolute Gasteiger partial charge is 0.346 e. The smallest absolute Gasteiger partial charge is 0.253 e. The van der Waals surface area contributed by atoms with Crippen LogP contribution in [0.15, 0.2) is 36.4 Å². The number of nitrogens with one attached hydrogen (secondary N) is 1. The van der Waals surface area contributed by atoms with Gasteiger partial charge in [-0.25, -0.2) is 0 Å². The molecule has 1 saturated heterocycles. The van der Waals surface area contributed by atoms with Gasteiger partial charge in [0.2, 0.25) is 5.91 Å². The molecule has 0 aromatic heterocycles. The first kappa shape index (κ1) is 38.9. The maximum absolute atomic E-state index is 13.8. The molecule has 0 bridgehead atoms. The number of amides is 2. The Morgan fingerprint density at radius 2 is 1.55 bits per heavy atom. The predicted octanol–water partition coefficient (Wildman–Crippen LogP) is 9.80. The first-order chi connectivity index (χ1) is 22.7. The SMILES string of the molecule is CC(=O)NC1(c2ccc(C)c(C)c2C)CCN(CC(C)[C@H](CN(C)C(=O)c2ccc(C)c(C)c2)c2cc(Cl)c(Cl)c(C)c2C)C(C)(C)C1C. The molecule has 1 heterocycles. The normalized spacial score (nSPS) is 20.5. The molecule has 0 spiro atoms. The minimum absolute atomic E-state index is 0.00379. The Bertz CT molecular complexity index is 1750. The van der Waals surface area contributed by atoms with E-state index >= 15 is 0 Å². The van der Waals surface area contributed by atoms with E-state index in [9.17, 15) is 9.59 Å². The standard InChI is InChI=1S/C42H57Cl2N3O2/c1-24-14-16-34(20-26(24)3)40(49)46(13)23-36(35-21-38(43)39(44)31(8)29(35)6)27(4)22-47-19-18-42(45-33(10)48,32(9)41(47,11)12)37-17-15-25(2)28(5)30(37)7/h14-17,20-21,27,32,36H,18-19,22-23H2,1-13H3,(H,45,48)/t27?,32?,36-,42?/m0/s1. The van der Waals surface area contributed by atoms with Crippen LogP contribution >= 0.6 is 23.2 Å². The molecule has 0 aliphatic carbocycles. The summed E-state index contributed by atoms with van der Waals surface area (Å²) in [5.74, 6) is 0.263. The average molecular weight is 707 g/mol. The highest BCUT2D eigenvalue weighted by Crippen LogP contribution is 2.48. The second-order valence-electron chi connectivity index (χ2n) is 15.5. The van der Waals surface area contributed by atoms with Crippen molar-refractivity contribution in [1.82, 2.24) is 15.1 Å². The number of likely N-dealkylation sites (N-methyl/N-ethyl adjacent to an activating group) is 1. The Morgan fingerprint density at radius 3 is 2.16 bits per heavy atom. The highest BCUT2D eigenvalue weighted by atomic mass is 35.5. The van der Waals surface area contributed by atoms with Crippen LogP contribution in [0, 0.1) is 60.3 Å². The van der Waals surface area contributed by atoms with E-state index in [1.54, 1.807) is 6.92 Å². The number of rotatable bonds is 9. The third-order valence-electron chi connectivity index (χ3n) is 12.3. The van der Waals surface area contributed by atoms with Crippen molar-refractivity contribution >= 4 is 35.0 Å². The first-order valence-corrected chi connectivity index (χ1v) is 18.4. The predicted molar refractivity (Wildman–Crippen MR) is 206 cm³/mol. The van der Waals surface area contributed by atoms with Gasteiger partial charge in [0.15, 0.2) is 0 Å². The molecule has 5 nitrogen and oxygen atoms in total. The van der Waals surface area contributed by atoms with Crippen molar-refractivity contribution in [1.29, 1.82) is 0 Å². The fraction of sp³-hybridized carbons (Fsp3) is 0.524. The van der Waals surface area contributed by atoms with Crippen molar-refractivity contribution in [2.24, 2.45) is 11.8 Å². The Balaban J connectivity index is 1.71. The molecule has 1 aliphatic heterocycles. The summed E-state index contributed by atoms with van der Waals surface area (Å²) < 4.78 is 0. The Kier molecular flexibility index (Phi) is 11.7. The van der Waals surface area contributed by atoms with Gasteiger partial charge in [0.05, 0.1) is 15.6 Å². The maximum Gasteiger partial charge on any atom is 0.253 e. The summed E-state index contributed by atoms with van der Waals surface area (Å²) in [6, 6.07) is 12.4. The second-order valence-corrected chi connectivity index (χ2v) is 16.3. The number of hydrogen-bond acceptors (Lipinski definition) is 3. The van der Waals surface area contributed by atoms with Crippen LogP contribution in [0.1, 0.15) is 107 Å². The summed E-state index contributed by atoms with van der Waals surface area (Å²) in [7, 11) is 1.90. The molecule has 3 unspecified atom stereocenters. The lowest BCUT2D eigenvalue weighted by atomic mass is 9.63. The molecule has 3 aromatic rings. The van der Waals surface area contributed by atoms with Crippen LogP contribution in [-0.2, 0) is 10.3 Å². The monoisotopic (exact) mass is 705 g/mol. The molecule has 1 fully saturated rings. The molecule has 49 heavy (non-hydrogen) atoms. The van der Waals surface area contributed by atoms with E-state index in [0.29, 0.717) is 22.2 Å². The van der Waals surface area contributed by atoms with Crippen molar-refractivity contribution in [3.63, 3.8) is 0 Å². The summed E-state index contributed by atoms with van der Waals surface area (Å²) in [5.41, 5.74) is 10.4. The van der Waals surface area contributed by atoms with Gasteiger partial charge in [-0.3, -0.25) is 14.5 Å². The zero-order valence-electron chi connectivity index (χ0n) is 32.0. The quantitative estimate of drug-likeness (QED) is 0.241. The van der Waals surface area contributed by atoms with Crippen LogP contribution in [0.3, 0.4) is 0 Å². The fourth-order valence-electron chi connectivity index (χ4n) is 8.16. The van der Waals surface area contributed by atoms with Crippen molar-refractivity contribution in [3.8, 4) is 0 Å². The van der Waals surface area contributed by atoms with Crippen LogP contribution in [0.25, 0.3) is 0 Å². The number of piperidine rings is 1. The second kappa shape index (κ2) is 14.8. The van der Waals surface area contributed by atoms with Crippen LogP contribution in [-0.4, -0.2) is 53.8 Å². The highest BCUT2D eigenvalue weighted by Gasteiger charge is 2.52. The summed E-state index contributed by atoms with van der Waals surface area (Å²) >= 11 is 13.4. The van der Waals surface area contributed by atoms with Crippen molar-refractivity contribution in [2.75, 3.05) is 26.7 Å². The Morgan fingerprint density at radius 1 is 0.918 bits per heavy atom. The minimum atomic E-state index is -0.493. The zero-order chi connectivity index (χ0) is 36.7. The van der Waals surface area contributed by atoms with Crippen molar-refractivity contribution in [2.45, 2.75) is 107 Å². The van der Waals surface area contributed by atoms with Crippen LogP contribution < -0.4 is 5.32 Å². The number of halogens is 2. The van der Waals surface area contributed by atoms with E-state index in [1.165, 1.54) is 27.8 Å². The van der Waals surface area contributed by atoms with Gasteiger partial charge in [0.25, 0.3) is 5.91 Å². The third kappa shape index (κ3) is 7.46. The Labute approximate surface area is 305 Å². The average Bonchev–Trinajstić information content (AvgIpc) is 3.04. The summed E-state index contributed by atoms with van der Waals surface area (Å²) in [5, 5.41) is 4.59. The van der Waals surface area contributed by atoms with Crippen molar-refractivity contribution in [3.05, 3.63) is 102 Å². The van der Waals surface area contributed by atoms with Crippen LogP contribution in [0.4, 0.5) is 0 Å². The maximum atomic E-state index is 13.8. The van der Waals surface area contributed by atoms with Gasteiger partial charge in [-0.05, 0) is 143 Å². The van der Waals surface area contributed by atoms with Gasteiger partial charge in [0, 0.05) is 56.5 Å². The van der Waals surface area contributed by atoms with Gasteiger partial charge in [-0.1, -0.05) is 55.2 Å². The van der Waals surface area contributed by atoms with Gasteiger partial charge in [0.1, 0.15) is 0 Å². The van der Waals surface area contributed by atoms with Crippen LogP contribution in [0.5, 0.6) is 0 Å². The molecule has 2 amide bonds. The molecule has 4 atom stereocenters. The zero-order valence-corrected chi connectivity index (χ0v) is 33.5. The molecular weight excluding hydrogens is 649 g/mol. The number of aryl methyl sites for hydroxylation is 3. The van der Waals surface area contributed by atoms with Gasteiger partial charge < -0.3 is 10.2 Å². The minimum Gasteiger partial charge on any atom is -0.346 e. The number of hydrogen-bond donors (Lipinski definition) is 1. The van der Waals surface area contributed by atoms with E-state index < -0.39 is 5.54 Å².